The Bertz CT molecular complexity index is 521. The normalized spacial score (nSPS) is 11.4. The van der Waals surface area contributed by atoms with Crippen LogP contribution in [0.4, 0.5) is 10.6 Å². The van der Waals surface area contributed by atoms with Crippen molar-refractivity contribution in [2.24, 2.45) is 0 Å². The van der Waals surface area contributed by atoms with E-state index in [0.717, 1.165) is 49.9 Å². The number of rotatable bonds is 8. The molecule has 0 aliphatic rings. The number of nitrogens with zero attached hydrogens (tertiary/aromatic N) is 2. The van der Waals surface area contributed by atoms with E-state index in [1.54, 1.807) is 4.90 Å². The highest BCUT2D eigenvalue weighted by atomic mass is 16.6. The molecule has 0 N–H and O–H groups in total. The largest absolute Gasteiger partial charge is 0.443 e. The molecule has 4 nitrogen and oxygen atoms in total. The van der Waals surface area contributed by atoms with Crippen molar-refractivity contribution in [1.82, 2.24) is 4.98 Å². The number of ether oxygens (including phenoxy) is 1. The second kappa shape index (κ2) is 9.65. The third kappa shape index (κ3) is 6.50. The van der Waals surface area contributed by atoms with Crippen LogP contribution in [0.15, 0.2) is 12.3 Å². The lowest BCUT2D eigenvalue weighted by Crippen LogP contribution is -2.38. The van der Waals surface area contributed by atoms with Crippen LogP contribution in [0, 0.1) is 0 Å². The molecule has 0 atom stereocenters. The molecule has 0 saturated carbocycles. The fourth-order valence-corrected chi connectivity index (χ4v) is 2.59. The molecule has 1 rings (SSSR count). The van der Waals surface area contributed by atoms with Gasteiger partial charge >= 0.3 is 6.09 Å². The lowest BCUT2D eigenvalue weighted by molar-refractivity contribution is 0.0578. The summed E-state index contributed by atoms with van der Waals surface area (Å²) in [5.41, 5.74) is 1.88. The van der Waals surface area contributed by atoms with Gasteiger partial charge in [0.2, 0.25) is 0 Å². The minimum Gasteiger partial charge on any atom is -0.443 e. The number of aromatic nitrogens is 1. The van der Waals surface area contributed by atoms with E-state index in [4.69, 9.17) is 4.74 Å². The molecule has 0 fully saturated rings. The molecule has 24 heavy (non-hydrogen) atoms. The van der Waals surface area contributed by atoms with Crippen molar-refractivity contribution in [1.29, 1.82) is 0 Å². The standard InChI is InChI=1S/C20H34N2O2/c1-7-10-13-22(19(23)24-20(4,5)6)18-17(12-9-3)14-16(11-8-2)15-21-18/h14-15H,7-13H2,1-6H3. The first-order valence-corrected chi connectivity index (χ1v) is 9.30. The molecule has 0 aliphatic heterocycles. The van der Waals surface area contributed by atoms with Crippen molar-refractivity contribution < 1.29 is 9.53 Å². The van der Waals surface area contributed by atoms with Crippen LogP contribution < -0.4 is 4.90 Å². The van der Waals surface area contributed by atoms with Gasteiger partial charge in [0.15, 0.2) is 0 Å². The molecule has 4 heteroatoms. The van der Waals surface area contributed by atoms with Gasteiger partial charge in [0.1, 0.15) is 11.4 Å². The van der Waals surface area contributed by atoms with Crippen molar-refractivity contribution in [3.8, 4) is 0 Å². The SMILES string of the molecule is CCCCN(C(=O)OC(C)(C)C)c1ncc(CCC)cc1CCC. The van der Waals surface area contributed by atoms with Crippen LogP contribution in [0.1, 0.15) is 78.4 Å². The van der Waals surface area contributed by atoms with Crippen molar-refractivity contribution in [3.63, 3.8) is 0 Å². The third-order valence-corrected chi connectivity index (χ3v) is 3.66. The molecule has 1 amide bonds. The Morgan fingerprint density at radius 3 is 2.33 bits per heavy atom. The molecule has 1 heterocycles. The highest BCUT2D eigenvalue weighted by Gasteiger charge is 2.25. The summed E-state index contributed by atoms with van der Waals surface area (Å²) < 4.78 is 5.61. The lowest BCUT2D eigenvalue weighted by Gasteiger charge is -2.28. The van der Waals surface area contributed by atoms with Crippen LogP contribution in [0.5, 0.6) is 0 Å². The smallest absolute Gasteiger partial charge is 0.416 e. The zero-order valence-corrected chi connectivity index (χ0v) is 16.3. The first-order valence-electron chi connectivity index (χ1n) is 9.30. The van der Waals surface area contributed by atoms with E-state index in [-0.39, 0.29) is 6.09 Å². The average Bonchev–Trinajstić information content (AvgIpc) is 2.48. The highest BCUT2D eigenvalue weighted by Crippen LogP contribution is 2.24. The molecule has 0 aliphatic carbocycles. The summed E-state index contributed by atoms with van der Waals surface area (Å²) in [6.07, 6.45) is 7.62. The van der Waals surface area contributed by atoms with Crippen LogP contribution in [0.25, 0.3) is 0 Å². The summed E-state index contributed by atoms with van der Waals surface area (Å²) in [4.78, 5) is 19.1. The maximum atomic E-state index is 12.7. The number of hydrogen-bond acceptors (Lipinski definition) is 3. The molecule has 0 bridgehead atoms. The molecule has 0 spiro atoms. The molecule has 0 aromatic carbocycles. The van der Waals surface area contributed by atoms with Crippen LogP contribution >= 0.6 is 0 Å². The van der Waals surface area contributed by atoms with Crippen molar-refractivity contribution in [3.05, 3.63) is 23.4 Å². The van der Waals surface area contributed by atoms with E-state index < -0.39 is 5.60 Å². The lowest BCUT2D eigenvalue weighted by atomic mass is 10.1. The topological polar surface area (TPSA) is 42.4 Å². The number of carbonyl (C=O) groups is 1. The van der Waals surface area contributed by atoms with Gasteiger partial charge in [0.25, 0.3) is 0 Å². The Hall–Kier alpha value is -1.58. The Morgan fingerprint density at radius 2 is 1.79 bits per heavy atom. The first-order chi connectivity index (χ1) is 11.3. The minimum atomic E-state index is -0.505. The van der Waals surface area contributed by atoms with Gasteiger partial charge in [0, 0.05) is 12.7 Å². The van der Waals surface area contributed by atoms with Gasteiger partial charge in [-0.05, 0) is 51.2 Å². The first kappa shape index (κ1) is 20.5. The number of carbonyl (C=O) groups excluding carboxylic acids is 1. The van der Waals surface area contributed by atoms with Crippen LogP contribution in [-0.4, -0.2) is 23.2 Å². The molecule has 0 unspecified atom stereocenters. The molecular formula is C20H34N2O2. The number of aryl methyl sites for hydroxylation is 2. The Labute approximate surface area is 147 Å². The zero-order valence-electron chi connectivity index (χ0n) is 16.3. The van der Waals surface area contributed by atoms with Crippen LogP contribution in [0.2, 0.25) is 0 Å². The van der Waals surface area contributed by atoms with Crippen molar-refractivity contribution in [2.75, 3.05) is 11.4 Å². The third-order valence-electron chi connectivity index (χ3n) is 3.66. The van der Waals surface area contributed by atoms with Crippen LogP contribution in [-0.2, 0) is 17.6 Å². The fourth-order valence-electron chi connectivity index (χ4n) is 2.59. The van der Waals surface area contributed by atoms with Crippen molar-refractivity contribution >= 4 is 11.9 Å². The van der Waals surface area contributed by atoms with Gasteiger partial charge in [-0.15, -0.1) is 0 Å². The van der Waals surface area contributed by atoms with Gasteiger partial charge in [-0.3, -0.25) is 4.90 Å². The van der Waals surface area contributed by atoms with Gasteiger partial charge < -0.3 is 4.74 Å². The van der Waals surface area contributed by atoms with Crippen LogP contribution in [0.3, 0.4) is 0 Å². The predicted octanol–water partition coefficient (Wildman–Crippen LogP) is 5.53. The number of unbranched alkanes of at least 4 members (excludes halogenated alkanes) is 1. The van der Waals surface area contributed by atoms with Gasteiger partial charge in [-0.25, -0.2) is 9.78 Å². The van der Waals surface area contributed by atoms with Gasteiger partial charge in [-0.2, -0.15) is 0 Å². The summed E-state index contributed by atoms with van der Waals surface area (Å²) in [5.74, 6) is 0.763. The summed E-state index contributed by atoms with van der Waals surface area (Å²) >= 11 is 0. The molecule has 1 aromatic heterocycles. The molecule has 0 radical (unpaired) electrons. The maximum Gasteiger partial charge on any atom is 0.416 e. The monoisotopic (exact) mass is 334 g/mol. The highest BCUT2D eigenvalue weighted by molar-refractivity contribution is 5.87. The van der Waals surface area contributed by atoms with E-state index >= 15 is 0 Å². The number of hydrogen-bond donors (Lipinski definition) is 0. The quantitative estimate of drug-likeness (QED) is 0.628. The fraction of sp³-hybridized carbons (Fsp3) is 0.700. The summed E-state index contributed by atoms with van der Waals surface area (Å²) in [7, 11) is 0. The predicted molar refractivity (Wildman–Crippen MR) is 101 cm³/mol. The molecule has 1 aromatic rings. The molecule has 136 valence electrons. The average molecular weight is 335 g/mol. The summed E-state index contributed by atoms with van der Waals surface area (Å²) in [5, 5.41) is 0. The number of anilines is 1. The van der Waals surface area contributed by atoms with Crippen molar-refractivity contribution in [2.45, 2.75) is 85.7 Å². The van der Waals surface area contributed by atoms with Gasteiger partial charge in [-0.1, -0.05) is 46.1 Å². The van der Waals surface area contributed by atoms with E-state index in [2.05, 4.69) is 31.8 Å². The van der Waals surface area contributed by atoms with E-state index in [1.807, 2.05) is 27.0 Å². The Kier molecular flexibility index (Phi) is 8.23. The zero-order chi connectivity index (χ0) is 18.2. The number of amides is 1. The summed E-state index contributed by atoms with van der Waals surface area (Å²) in [6, 6.07) is 2.21. The van der Waals surface area contributed by atoms with E-state index in [0.29, 0.717) is 6.54 Å². The summed E-state index contributed by atoms with van der Waals surface area (Å²) in [6.45, 7) is 12.8. The van der Waals surface area contributed by atoms with E-state index in [1.165, 1.54) is 5.56 Å². The van der Waals surface area contributed by atoms with E-state index in [9.17, 15) is 4.79 Å². The second-order valence-corrected chi connectivity index (χ2v) is 7.31. The Morgan fingerprint density at radius 1 is 1.12 bits per heavy atom. The molecular weight excluding hydrogens is 300 g/mol. The second-order valence-electron chi connectivity index (χ2n) is 7.31. The molecule has 0 saturated heterocycles. The maximum absolute atomic E-state index is 12.7. The minimum absolute atomic E-state index is 0.302. The number of pyridine rings is 1. The Balaban J connectivity index is 3.17. The van der Waals surface area contributed by atoms with Gasteiger partial charge in [0.05, 0.1) is 0 Å².